The molecular formula is C23H19NS. The standard InChI is InChI=1S/C23H19NS/c1-23(2)18-13-7-8-14-19(18)24(16-10-4-3-5-11-16)21-17-12-6-9-15-20(17)25-22(21)23/h3-15H,1-2H3. The SMILES string of the molecule is CC1(C)c2ccccc2N(c2ccccc2)c2c1sc1ccccc21. The second-order valence-electron chi connectivity index (χ2n) is 7.09. The van der Waals surface area contributed by atoms with Crippen molar-refractivity contribution in [2.75, 3.05) is 4.90 Å². The van der Waals surface area contributed by atoms with Gasteiger partial charge in [-0.15, -0.1) is 11.3 Å². The lowest BCUT2D eigenvalue weighted by molar-refractivity contribution is 0.647. The molecule has 0 bridgehead atoms. The lowest BCUT2D eigenvalue weighted by Crippen LogP contribution is -2.29. The van der Waals surface area contributed by atoms with Gasteiger partial charge in [-0.2, -0.15) is 0 Å². The molecule has 2 heteroatoms. The predicted octanol–water partition coefficient (Wildman–Crippen LogP) is 7.01. The van der Waals surface area contributed by atoms with Crippen molar-refractivity contribution in [3.05, 3.63) is 89.3 Å². The van der Waals surface area contributed by atoms with Crippen LogP contribution in [0, 0.1) is 0 Å². The Labute approximate surface area is 152 Å². The number of hydrogen-bond donors (Lipinski definition) is 0. The van der Waals surface area contributed by atoms with E-state index in [0.717, 1.165) is 0 Å². The average Bonchev–Trinajstić information content (AvgIpc) is 3.04. The summed E-state index contributed by atoms with van der Waals surface area (Å²) in [6.45, 7) is 4.70. The monoisotopic (exact) mass is 341 g/mol. The molecule has 0 saturated carbocycles. The van der Waals surface area contributed by atoms with Gasteiger partial charge >= 0.3 is 0 Å². The fraction of sp³-hybridized carbons (Fsp3) is 0.130. The fourth-order valence-electron chi connectivity index (χ4n) is 3.96. The lowest BCUT2D eigenvalue weighted by atomic mass is 9.78. The highest BCUT2D eigenvalue weighted by molar-refractivity contribution is 7.20. The molecule has 0 atom stereocenters. The maximum absolute atomic E-state index is 2.44. The molecule has 1 aliphatic rings. The van der Waals surface area contributed by atoms with Gasteiger partial charge in [0.1, 0.15) is 0 Å². The maximum Gasteiger partial charge on any atom is 0.0688 e. The van der Waals surface area contributed by atoms with Gasteiger partial charge in [-0.3, -0.25) is 0 Å². The second-order valence-corrected chi connectivity index (χ2v) is 8.14. The minimum absolute atomic E-state index is 0.000887. The van der Waals surface area contributed by atoms with E-state index >= 15 is 0 Å². The number of benzene rings is 3. The van der Waals surface area contributed by atoms with Crippen LogP contribution in [0.4, 0.5) is 17.1 Å². The molecule has 1 aromatic heterocycles. The van der Waals surface area contributed by atoms with Crippen LogP contribution in [0.1, 0.15) is 24.3 Å². The topological polar surface area (TPSA) is 3.24 Å². The summed E-state index contributed by atoms with van der Waals surface area (Å²) in [5.41, 5.74) is 5.24. The fourth-order valence-corrected chi connectivity index (χ4v) is 5.27. The van der Waals surface area contributed by atoms with Gasteiger partial charge < -0.3 is 4.90 Å². The van der Waals surface area contributed by atoms with E-state index < -0.39 is 0 Å². The van der Waals surface area contributed by atoms with Crippen molar-refractivity contribution < 1.29 is 0 Å². The molecule has 4 aromatic rings. The van der Waals surface area contributed by atoms with Crippen LogP contribution < -0.4 is 4.90 Å². The first kappa shape index (κ1) is 14.7. The summed E-state index contributed by atoms with van der Waals surface area (Å²) < 4.78 is 1.36. The number of fused-ring (bicyclic) bond motifs is 4. The average molecular weight is 341 g/mol. The number of thiophene rings is 1. The van der Waals surface area contributed by atoms with E-state index in [0.29, 0.717) is 0 Å². The molecule has 1 nitrogen and oxygen atoms in total. The summed E-state index contributed by atoms with van der Waals surface area (Å²) >= 11 is 1.93. The Balaban J connectivity index is 1.92. The molecule has 1 aliphatic heterocycles. The minimum atomic E-state index is 0.000887. The summed E-state index contributed by atoms with van der Waals surface area (Å²) in [6, 6.07) is 28.3. The van der Waals surface area contributed by atoms with E-state index in [4.69, 9.17) is 0 Å². The Morgan fingerprint density at radius 3 is 2.28 bits per heavy atom. The second kappa shape index (κ2) is 5.21. The molecule has 0 unspecified atom stereocenters. The molecule has 0 saturated heterocycles. The molecule has 5 rings (SSSR count). The van der Waals surface area contributed by atoms with Crippen LogP contribution in [0.5, 0.6) is 0 Å². The zero-order chi connectivity index (χ0) is 17.0. The van der Waals surface area contributed by atoms with Crippen molar-refractivity contribution in [2.45, 2.75) is 19.3 Å². The van der Waals surface area contributed by atoms with E-state index in [1.54, 1.807) is 0 Å². The highest BCUT2D eigenvalue weighted by Crippen LogP contribution is 2.57. The van der Waals surface area contributed by atoms with Crippen LogP contribution in [0.3, 0.4) is 0 Å². The van der Waals surface area contributed by atoms with Gasteiger partial charge in [0.05, 0.1) is 11.4 Å². The normalized spacial score (nSPS) is 15.0. The number of nitrogens with zero attached hydrogens (tertiary/aromatic N) is 1. The Morgan fingerprint density at radius 1 is 0.760 bits per heavy atom. The summed E-state index contributed by atoms with van der Waals surface area (Å²) in [5, 5.41) is 1.34. The third kappa shape index (κ3) is 2.01. The molecule has 0 radical (unpaired) electrons. The number of para-hydroxylation sites is 2. The first-order chi connectivity index (χ1) is 12.2. The van der Waals surface area contributed by atoms with Gasteiger partial charge in [-0.1, -0.05) is 68.4 Å². The maximum atomic E-state index is 2.44. The Kier molecular flexibility index (Phi) is 3.07. The van der Waals surface area contributed by atoms with Gasteiger partial charge in [0.25, 0.3) is 0 Å². The van der Waals surface area contributed by atoms with Crippen LogP contribution in [0.25, 0.3) is 10.1 Å². The first-order valence-corrected chi connectivity index (χ1v) is 9.46. The number of anilines is 3. The van der Waals surface area contributed by atoms with Crippen LogP contribution in [0.2, 0.25) is 0 Å². The van der Waals surface area contributed by atoms with Crippen molar-refractivity contribution in [1.82, 2.24) is 0 Å². The van der Waals surface area contributed by atoms with Crippen LogP contribution in [-0.4, -0.2) is 0 Å². The largest absolute Gasteiger partial charge is 0.308 e. The van der Waals surface area contributed by atoms with Crippen molar-refractivity contribution in [1.29, 1.82) is 0 Å². The zero-order valence-corrected chi connectivity index (χ0v) is 15.2. The number of rotatable bonds is 1. The Hall–Kier alpha value is -2.58. The summed E-state index contributed by atoms with van der Waals surface area (Å²) in [7, 11) is 0. The minimum Gasteiger partial charge on any atom is -0.308 e. The van der Waals surface area contributed by atoms with E-state index in [9.17, 15) is 0 Å². The van der Waals surface area contributed by atoms with Crippen molar-refractivity contribution in [2.24, 2.45) is 0 Å². The van der Waals surface area contributed by atoms with Gasteiger partial charge in [0, 0.05) is 26.1 Å². The highest BCUT2D eigenvalue weighted by Gasteiger charge is 2.39. The van der Waals surface area contributed by atoms with Gasteiger partial charge in [-0.25, -0.2) is 0 Å². The lowest BCUT2D eigenvalue weighted by Gasteiger charge is -2.40. The van der Waals surface area contributed by atoms with Gasteiger partial charge in [0.15, 0.2) is 0 Å². The van der Waals surface area contributed by atoms with Crippen LogP contribution in [0.15, 0.2) is 78.9 Å². The molecule has 0 spiro atoms. The van der Waals surface area contributed by atoms with E-state index in [2.05, 4.69) is 97.6 Å². The third-order valence-electron chi connectivity index (χ3n) is 5.19. The molecule has 0 fully saturated rings. The van der Waals surface area contributed by atoms with E-state index in [1.165, 1.54) is 37.6 Å². The molecule has 25 heavy (non-hydrogen) atoms. The number of hydrogen-bond acceptors (Lipinski definition) is 2. The quantitative estimate of drug-likeness (QED) is 0.360. The molecule has 2 heterocycles. The Bertz CT molecular complexity index is 1080. The molecule has 3 aromatic carbocycles. The summed E-state index contributed by atoms with van der Waals surface area (Å²) in [5.74, 6) is 0. The Morgan fingerprint density at radius 2 is 1.44 bits per heavy atom. The smallest absolute Gasteiger partial charge is 0.0688 e. The zero-order valence-electron chi connectivity index (χ0n) is 14.4. The molecule has 0 N–H and O–H groups in total. The summed E-state index contributed by atoms with van der Waals surface area (Å²) in [4.78, 5) is 3.88. The van der Waals surface area contributed by atoms with Gasteiger partial charge in [0.2, 0.25) is 0 Å². The molecular weight excluding hydrogens is 322 g/mol. The van der Waals surface area contributed by atoms with Crippen molar-refractivity contribution in [3.8, 4) is 0 Å². The third-order valence-corrected chi connectivity index (χ3v) is 6.68. The van der Waals surface area contributed by atoms with Crippen molar-refractivity contribution in [3.63, 3.8) is 0 Å². The molecule has 0 aliphatic carbocycles. The summed E-state index contributed by atoms with van der Waals surface area (Å²) in [6.07, 6.45) is 0. The molecule has 0 amide bonds. The highest BCUT2D eigenvalue weighted by atomic mass is 32.1. The van der Waals surface area contributed by atoms with Crippen molar-refractivity contribution >= 4 is 38.5 Å². The molecule has 122 valence electrons. The van der Waals surface area contributed by atoms with Crippen LogP contribution >= 0.6 is 11.3 Å². The van der Waals surface area contributed by atoms with Gasteiger partial charge in [-0.05, 0) is 29.8 Å². The van der Waals surface area contributed by atoms with E-state index in [-0.39, 0.29) is 5.41 Å². The predicted molar refractivity (Wildman–Crippen MR) is 109 cm³/mol. The first-order valence-electron chi connectivity index (χ1n) is 8.64. The van der Waals surface area contributed by atoms with E-state index in [1.807, 2.05) is 11.3 Å². The van der Waals surface area contributed by atoms with Crippen LogP contribution in [-0.2, 0) is 5.41 Å².